The zero-order valence-corrected chi connectivity index (χ0v) is 14.6. The van der Waals surface area contributed by atoms with E-state index in [0.717, 1.165) is 0 Å². The van der Waals surface area contributed by atoms with Crippen molar-refractivity contribution in [1.82, 2.24) is 4.57 Å². The summed E-state index contributed by atoms with van der Waals surface area (Å²) in [6.45, 7) is 8.86. The van der Waals surface area contributed by atoms with Gasteiger partial charge in [-0.25, -0.2) is 0 Å². The number of ether oxygens (including phenoxy) is 1. The first-order valence-electron chi connectivity index (χ1n) is 8.11. The minimum Gasteiger partial charge on any atom is -0.357 e. The van der Waals surface area contributed by atoms with Crippen molar-refractivity contribution in [2.24, 2.45) is 0 Å². The minimum absolute atomic E-state index is 0.0422. The van der Waals surface area contributed by atoms with Gasteiger partial charge in [-0.15, -0.1) is 0 Å². The van der Waals surface area contributed by atoms with E-state index in [4.69, 9.17) is 4.74 Å². The SMILES string of the molecule is COC(c1ccc(C)cc1)n1c(C(C)(C)C)cc2ccccc21. The molecule has 2 heteroatoms. The largest absolute Gasteiger partial charge is 0.357 e. The summed E-state index contributed by atoms with van der Waals surface area (Å²) in [4.78, 5) is 0. The van der Waals surface area contributed by atoms with Gasteiger partial charge in [0.25, 0.3) is 0 Å². The average molecular weight is 307 g/mol. The topological polar surface area (TPSA) is 14.2 Å². The molecule has 0 aliphatic heterocycles. The Labute approximate surface area is 138 Å². The Balaban J connectivity index is 2.25. The molecule has 2 nitrogen and oxygen atoms in total. The van der Waals surface area contributed by atoms with Crippen molar-refractivity contribution in [2.75, 3.05) is 7.11 Å². The molecule has 0 spiro atoms. The Bertz CT molecular complexity index is 806. The molecule has 3 aromatic rings. The fourth-order valence-electron chi connectivity index (χ4n) is 3.13. The molecule has 1 unspecified atom stereocenters. The lowest BCUT2D eigenvalue weighted by atomic mass is 9.91. The van der Waals surface area contributed by atoms with Crippen molar-refractivity contribution in [3.8, 4) is 0 Å². The molecule has 0 amide bonds. The van der Waals surface area contributed by atoms with Gasteiger partial charge >= 0.3 is 0 Å². The lowest BCUT2D eigenvalue weighted by Gasteiger charge is -2.28. The molecule has 0 saturated carbocycles. The predicted molar refractivity (Wildman–Crippen MR) is 97.0 cm³/mol. The molecule has 0 saturated heterocycles. The molecule has 0 N–H and O–H groups in total. The number of hydrogen-bond donors (Lipinski definition) is 0. The Morgan fingerprint density at radius 3 is 2.22 bits per heavy atom. The van der Waals surface area contributed by atoms with Crippen LogP contribution in [0.5, 0.6) is 0 Å². The maximum Gasteiger partial charge on any atom is 0.160 e. The normalized spacial score (nSPS) is 13.4. The molecular formula is C21H25NO. The number of nitrogens with zero attached hydrogens (tertiary/aromatic N) is 1. The molecule has 0 aliphatic carbocycles. The van der Waals surface area contributed by atoms with Crippen LogP contribution in [0.4, 0.5) is 0 Å². The molecule has 0 radical (unpaired) electrons. The lowest BCUT2D eigenvalue weighted by Crippen LogP contribution is -2.22. The smallest absolute Gasteiger partial charge is 0.160 e. The zero-order chi connectivity index (χ0) is 16.6. The third-order valence-corrected chi connectivity index (χ3v) is 4.34. The summed E-state index contributed by atoms with van der Waals surface area (Å²) in [5, 5.41) is 1.26. The van der Waals surface area contributed by atoms with Crippen LogP contribution < -0.4 is 0 Å². The standard InChI is InChI=1S/C21H25NO/c1-15-10-12-16(13-11-15)20(23-5)22-18-9-7-6-8-17(18)14-19(22)21(2,3)4/h6-14,20H,1-5H3. The van der Waals surface area contributed by atoms with Gasteiger partial charge in [-0.2, -0.15) is 0 Å². The summed E-state index contributed by atoms with van der Waals surface area (Å²) < 4.78 is 8.26. The molecule has 1 atom stereocenters. The van der Waals surface area contributed by atoms with E-state index < -0.39 is 0 Å². The average Bonchev–Trinajstić information content (AvgIpc) is 2.90. The van der Waals surface area contributed by atoms with Gasteiger partial charge in [0, 0.05) is 23.8 Å². The van der Waals surface area contributed by atoms with Gasteiger partial charge in [0.05, 0.1) is 5.52 Å². The van der Waals surface area contributed by atoms with E-state index in [1.54, 1.807) is 7.11 Å². The van der Waals surface area contributed by atoms with Crippen LogP contribution >= 0.6 is 0 Å². The van der Waals surface area contributed by atoms with E-state index in [1.165, 1.54) is 27.7 Å². The van der Waals surface area contributed by atoms with Crippen LogP contribution in [-0.4, -0.2) is 11.7 Å². The van der Waals surface area contributed by atoms with Gasteiger partial charge < -0.3 is 9.30 Å². The van der Waals surface area contributed by atoms with E-state index in [2.05, 4.69) is 86.9 Å². The van der Waals surface area contributed by atoms with Gasteiger partial charge in [0.15, 0.2) is 6.23 Å². The maximum absolute atomic E-state index is 5.93. The molecule has 1 aromatic heterocycles. The van der Waals surface area contributed by atoms with E-state index in [1.807, 2.05) is 0 Å². The van der Waals surface area contributed by atoms with Gasteiger partial charge in [-0.1, -0.05) is 68.8 Å². The van der Waals surface area contributed by atoms with Crippen LogP contribution in [0.1, 0.15) is 43.8 Å². The number of fused-ring (bicyclic) bond motifs is 1. The molecule has 2 aromatic carbocycles. The van der Waals surface area contributed by atoms with Crippen molar-refractivity contribution >= 4 is 10.9 Å². The monoisotopic (exact) mass is 307 g/mol. The summed E-state index contributed by atoms with van der Waals surface area (Å²) in [6.07, 6.45) is -0.121. The van der Waals surface area contributed by atoms with E-state index in [-0.39, 0.29) is 11.6 Å². The van der Waals surface area contributed by atoms with E-state index >= 15 is 0 Å². The van der Waals surface area contributed by atoms with Crippen molar-refractivity contribution in [3.05, 3.63) is 71.4 Å². The Kier molecular flexibility index (Phi) is 4.03. The van der Waals surface area contributed by atoms with Crippen LogP contribution in [0.15, 0.2) is 54.6 Å². The van der Waals surface area contributed by atoms with Gasteiger partial charge in [0.1, 0.15) is 0 Å². The second-order valence-electron chi connectivity index (χ2n) is 7.21. The summed E-state index contributed by atoms with van der Waals surface area (Å²) >= 11 is 0. The van der Waals surface area contributed by atoms with Crippen molar-refractivity contribution in [1.29, 1.82) is 0 Å². The van der Waals surface area contributed by atoms with Gasteiger partial charge in [-0.3, -0.25) is 0 Å². The molecule has 1 heterocycles. The highest BCUT2D eigenvalue weighted by atomic mass is 16.5. The number of benzene rings is 2. The Morgan fingerprint density at radius 2 is 1.61 bits per heavy atom. The van der Waals surface area contributed by atoms with E-state index in [0.29, 0.717) is 0 Å². The van der Waals surface area contributed by atoms with Crippen LogP contribution in [0.2, 0.25) is 0 Å². The second-order valence-corrected chi connectivity index (χ2v) is 7.21. The van der Waals surface area contributed by atoms with Crippen LogP contribution in [0.3, 0.4) is 0 Å². The number of aromatic nitrogens is 1. The second kappa shape index (κ2) is 5.86. The van der Waals surface area contributed by atoms with Crippen LogP contribution in [0, 0.1) is 6.92 Å². The molecule has 0 fully saturated rings. The summed E-state index contributed by atoms with van der Waals surface area (Å²) in [7, 11) is 1.78. The number of para-hydroxylation sites is 1. The summed E-state index contributed by atoms with van der Waals surface area (Å²) in [5.74, 6) is 0. The van der Waals surface area contributed by atoms with Crippen molar-refractivity contribution in [3.63, 3.8) is 0 Å². The molecule has 23 heavy (non-hydrogen) atoms. The summed E-state index contributed by atoms with van der Waals surface area (Å²) in [5.41, 5.74) is 4.97. The van der Waals surface area contributed by atoms with Crippen molar-refractivity contribution < 1.29 is 4.74 Å². The Hall–Kier alpha value is -2.06. The quantitative estimate of drug-likeness (QED) is 0.628. The van der Waals surface area contributed by atoms with Gasteiger partial charge in [0.2, 0.25) is 0 Å². The first-order chi connectivity index (χ1) is 10.9. The molecular weight excluding hydrogens is 282 g/mol. The number of methoxy groups -OCH3 is 1. The molecule has 0 bridgehead atoms. The third-order valence-electron chi connectivity index (χ3n) is 4.34. The number of aryl methyl sites for hydroxylation is 1. The minimum atomic E-state index is -0.121. The molecule has 3 rings (SSSR count). The fraction of sp³-hybridized carbons (Fsp3) is 0.333. The lowest BCUT2D eigenvalue weighted by molar-refractivity contribution is 0.0779. The molecule has 120 valence electrons. The summed E-state index contributed by atoms with van der Waals surface area (Å²) in [6, 6.07) is 19.4. The van der Waals surface area contributed by atoms with Crippen LogP contribution in [0.25, 0.3) is 10.9 Å². The predicted octanol–water partition coefficient (Wildman–Crippen LogP) is 5.44. The highest BCUT2D eigenvalue weighted by Crippen LogP contribution is 2.35. The highest BCUT2D eigenvalue weighted by Gasteiger charge is 2.25. The zero-order valence-electron chi connectivity index (χ0n) is 14.6. The number of hydrogen-bond acceptors (Lipinski definition) is 1. The number of rotatable bonds is 3. The van der Waals surface area contributed by atoms with E-state index in [9.17, 15) is 0 Å². The van der Waals surface area contributed by atoms with Gasteiger partial charge in [-0.05, 0) is 24.4 Å². The van der Waals surface area contributed by atoms with Crippen molar-refractivity contribution in [2.45, 2.75) is 39.3 Å². The first kappa shape index (κ1) is 15.8. The van der Waals surface area contributed by atoms with Crippen LogP contribution in [-0.2, 0) is 10.2 Å². The Morgan fingerprint density at radius 1 is 0.957 bits per heavy atom. The first-order valence-corrected chi connectivity index (χ1v) is 8.11. The third kappa shape index (κ3) is 2.91. The molecule has 0 aliphatic rings. The highest BCUT2D eigenvalue weighted by molar-refractivity contribution is 5.82. The fourth-order valence-corrected chi connectivity index (χ4v) is 3.13. The maximum atomic E-state index is 5.93.